The van der Waals surface area contributed by atoms with Crippen molar-refractivity contribution in [3.63, 3.8) is 0 Å². The fourth-order valence-electron chi connectivity index (χ4n) is 16.3. The Labute approximate surface area is 342 Å². The number of aromatic hydroxyl groups is 1. The summed E-state index contributed by atoms with van der Waals surface area (Å²) in [5, 5.41) is 30.7. The number of carboxylic acid groups (broad SMARTS) is 1. The maximum atomic E-state index is 14.2. The third-order valence-electron chi connectivity index (χ3n) is 20.0. The second kappa shape index (κ2) is 13.4. The summed E-state index contributed by atoms with van der Waals surface area (Å²) in [6, 6.07) is 5.93. The van der Waals surface area contributed by atoms with Gasteiger partial charge in [-0.15, -0.1) is 0 Å². The van der Waals surface area contributed by atoms with Crippen molar-refractivity contribution in [1.29, 1.82) is 0 Å². The van der Waals surface area contributed by atoms with E-state index in [0.29, 0.717) is 35.8 Å². The fourth-order valence-corrected chi connectivity index (χ4v) is 16.3. The minimum atomic E-state index is -0.711. The van der Waals surface area contributed by atoms with Crippen molar-refractivity contribution >= 4 is 17.7 Å². The van der Waals surface area contributed by atoms with Crippen molar-refractivity contribution in [3.05, 3.63) is 41.0 Å². The number of rotatable bonds is 2. The number of fused-ring (bicyclic) bond motifs is 12. The molecule has 7 nitrogen and oxygen atoms in total. The van der Waals surface area contributed by atoms with Gasteiger partial charge in [-0.1, -0.05) is 60.1 Å². The number of esters is 1. The van der Waals surface area contributed by atoms with Crippen molar-refractivity contribution in [2.24, 2.45) is 67.5 Å². The summed E-state index contributed by atoms with van der Waals surface area (Å²) < 4.78 is 5.68. The second-order valence-corrected chi connectivity index (χ2v) is 23.0. The first-order valence-electron chi connectivity index (χ1n) is 22.7. The van der Waals surface area contributed by atoms with Crippen molar-refractivity contribution in [2.75, 3.05) is 0 Å². The summed E-state index contributed by atoms with van der Waals surface area (Å²) in [6.07, 6.45) is 16.8. The molecule has 0 aliphatic heterocycles. The van der Waals surface area contributed by atoms with Crippen molar-refractivity contribution in [2.45, 2.75) is 177 Å². The maximum absolute atomic E-state index is 14.2. The molecule has 8 aliphatic rings. The van der Waals surface area contributed by atoms with E-state index < -0.39 is 11.4 Å². The van der Waals surface area contributed by atoms with Gasteiger partial charge < -0.3 is 20.1 Å². The maximum Gasteiger partial charge on any atom is 0.309 e. The number of aryl methyl sites for hydroxylation is 1. The number of carbonyl (C=O) groups is 3. The lowest BCUT2D eigenvalue weighted by Gasteiger charge is -2.70. The molecule has 9 rings (SSSR count). The molecule has 314 valence electrons. The molecule has 1 aromatic carbocycles. The molecule has 7 heteroatoms. The molecule has 0 amide bonds. The number of aliphatic hydroxyl groups excluding tert-OH is 1. The highest BCUT2D eigenvalue weighted by Crippen LogP contribution is 2.75. The number of ketones is 1. The Morgan fingerprint density at radius 3 is 2.21 bits per heavy atom. The minimum Gasteiger partial charge on any atom is -0.508 e. The van der Waals surface area contributed by atoms with E-state index in [2.05, 4.69) is 54.5 Å². The summed E-state index contributed by atoms with van der Waals surface area (Å²) in [7, 11) is 0. The van der Waals surface area contributed by atoms with E-state index in [1.165, 1.54) is 42.9 Å². The Hall–Kier alpha value is -2.67. The molecule has 1 aromatic rings. The highest BCUT2D eigenvalue weighted by molar-refractivity contribution is 5.95. The van der Waals surface area contributed by atoms with E-state index in [0.717, 1.165) is 70.6 Å². The quantitative estimate of drug-likeness (QED) is 0.255. The number of aliphatic hydroxyl groups is 1. The van der Waals surface area contributed by atoms with Gasteiger partial charge in [0.15, 0.2) is 5.78 Å². The van der Waals surface area contributed by atoms with Crippen LogP contribution < -0.4 is 0 Å². The Morgan fingerprint density at radius 1 is 0.807 bits per heavy atom. The molecular weight excluding hydrogens is 713 g/mol. The Morgan fingerprint density at radius 2 is 1.51 bits per heavy atom. The number of phenolic OH excluding ortho intramolecular Hbond substituents is 1. The molecule has 3 N–H and O–H groups in total. The summed E-state index contributed by atoms with van der Waals surface area (Å²) in [5.74, 6) is 2.29. The van der Waals surface area contributed by atoms with Crippen LogP contribution in [0.4, 0.5) is 0 Å². The van der Waals surface area contributed by atoms with Gasteiger partial charge in [0, 0.05) is 18.3 Å². The van der Waals surface area contributed by atoms with Gasteiger partial charge >= 0.3 is 11.9 Å². The standard InChI is InChI=1S/C30H46O4.C20H26O3/c1-25(2)21-8-11-30(7)23(28(21,5)10-9-22(25)32)20(31)16-18-19-17-27(4,24(33)34)13-12-26(19,3)14-15-29(18,30)6;1-12(21)23-19-8-7-18-17-5-3-13-11-14(22)4-6-15(13)16(17)9-10-20(18,19)2/h16,19,21-23,32H,8-15,17H2,1-7H3,(H,33,34);4,6,11,16-19,22H,3,5,7-10H2,1-2H3. The van der Waals surface area contributed by atoms with Crippen molar-refractivity contribution in [1.82, 2.24) is 0 Å². The predicted molar refractivity (Wildman–Crippen MR) is 221 cm³/mol. The van der Waals surface area contributed by atoms with Gasteiger partial charge in [0.05, 0.1) is 11.5 Å². The number of carbonyl (C=O) groups excluding carboxylic acids is 2. The van der Waals surface area contributed by atoms with Crippen LogP contribution in [0.5, 0.6) is 5.75 Å². The molecule has 14 unspecified atom stereocenters. The summed E-state index contributed by atoms with van der Waals surface area (Å²) >= 11 is 0. The fraction of sp³-hybridized carbons (Fsp3) is 0.780. The molecule has 0 aromatic heterocycles. The molecule has 0 saturated heterocycles. The topological polar surface area (TPSA) is 121 Å². The largest absolute Gasteiger partial charge is 0.508 e. The highest BCUT2D eigenvalue weighted by Gasteiger charge is 2.70. The number of aliphatic carboxylic acids is 1. The Balaban J connectivity index is 0.000000172. The van der Waals surface area contributed by atoms with Crippen LogP contribution in [-0.2, 0) is 25.5 Å². The van der Waals surface area contributed by atoms with Gasteiger partial charge in [-0.25, -0.2) is 0 Å². The van der Waals surface area contributed by atoms with Crippen molar-refractivity contribution in [3.8, 4) is 5.75 Å². The molecule has 0 bridgehead atoms. The lowest BCUT2D eigenvalue weighted by molar-refractivity contribution is -0.202. The van der Waals surface area contributed by atoms with E-state index in [1.807, 2.05) is 25.1 Å². The number of allylic oxidation sites excluding steroid dienone is 2. The lowest BCUT2D eigenvalue weighted by Crippen LogP contribution is -2.66. The number of hydrogen-bond donors (Lipinski definition) is 3. The van der Waals surface area contributed by atoms with E-state index in [1.54, 1.807) is 0 Å². The molecular formula is C50H72O7. The average Bonchev–Trinajstić information content (AvgIpc) is 3.46. The Kier molecular flexibility index (Phi) is 9.67. The van der Waals surface area contributed by atoms with E-state index in [-0.39, 0.29) is 68.3 Å². The third-order valence-corrected chi connectivity index (χ3v) is 20.0. The average molecular weight is 785 g/mol. The van der Waals surface area contributed by atoms with Crippen molar-refractivity contribution < 1.29 is 34.4 Å². The molecule has 57 heavy (non-hydrogen) atoms. The van der Waals surface area contributed by atoms with E-state index in [4.69, 9.17) is 4.74 Å². The number of phenols is 1. The van der Waals surface area contributed by atoms with Crippen LogP contribution in [0.2, 0.25) is 0 Å². The van der Waals surface area contributed by atoms with Gasteiger partial charge in [-0.2, -0.15) is 0 Å². The van der Waals surface area contributed by atoms with Crippen LogP contribution in [0, 0.1) is 67.5 Å². The number of hydrogen-bond acceptors (Lipinski definition) is 6. The first kappa shape index (κ1) is 41.1. The zero-order valence-corrected chi connectivity index (χ0v) is 36.5. The normalized spacial score (nSPS) is 47.8. The lowest BCUT2D eigenvalue weighted by atomic mass is 9.33. The van der Waals surface area contributed by atoms with Crippen LogP contribution in [-0.4, -0.2) is 45.2 Å². The van der Waals surface area contributed by atoms with Gasteiger partial charge in [0.25, 0.3) is 0 Å². The van der Waals surface area contributed by atoms with Gasteiger partial charge in [-0.3, -0.25) is 14.4 Å². The van der Waals surface area contributed by atoms with Gasteiger partial charge in [-0.05, 0) is 189 Å². The minimum absolute atomic E-state index is 0.0296. The SMILES string of the molecule is CC(=O)OC1CCC2C3CCc4cc(O)ccc4C3CCC12C.CC1(C(=O)O)CCC2(C)CCC3(C)C(=CC(=O)C4C5(C)CCC(O)C(C)(C)C5CCC43C)C2C1. The van der Waals surface area contributed by atoms with E-state index >= 15 is 0 Å². The number of ether oxygens (including phenoxy) is 1. The molecule has 0 heterocycles. The van der Waals surface area contributed by atoms with Crippen LogP contribution in [0.25, 0.3) is 0 Å². The number of benzene rings is 1. The highest BCUT2D eigenvalue weighted by atomic mass is 16.5. The zero-order chi connectivity index (χ0) is 41.3. The third kappa shape index (κ3) is 5.90. The second-order valence-electron chi connectivity index (χ2n) is 23.0. The Bertz CT molecular complexity index is 1860. The van der Waals surface area contributed by atoms with Gasteiger partial charge in [0.2, 0.25) is 0 Å². The summed E-state index contributed by atoms with van der Waals surface area (Å²) in [4.78, 5) is 37.9. The zero-order valence-electron chi connectivity index (χ0n) is 36.5. The van der Waals surface area contributed by atoms with Gasteiger partial charge in [0.1, 0.15) is 11.9 Å². The first-order valence-corrected chi connectivity index (χ1v) is 22.7. The monoisotopic (exact) mass is 785 g/mol. The molecule has 8 aliphatic carbocycles. The summed E-state index contributed by atoms with van der Waals surface area (Å²) in [6.45, 7) is 19.7. The van der Waals surface area contributed by atoms with Crippen LogP contribution in [0.3, 0.4) is 0 Å². The van der Waals surface area contributed by atoms with Crippen LogP contribution in [0.1, 0.15) is 169 Å². The predicted octanol–water partition coefficient (Wildman–Crippen LogP) is 10.6. The molecule has 14 atom stereocenters. The molecule has 6 saturated carbocycles. The molecule has 0 spiro atoms. The smallest absolute Gasteiger partial charge is 0.309 e. The number of carboxylic acids is 1. The van der Waals surface area contributed by atoms with Crippen LogP contribution >= 0.6 is 0 Å². The summed E-state index contributed by atoms with van der Waals surface area (Å²) in [5.41, 5.74) is 3.09. The molecule has 6 fully saturated rings. The molecule has 0 radical (unpaired) electrons. The first-order chi connectivity index (χ1) is 26.5. The van der Waals surface area contributed by atoms with E-state index in [9.17, 15) is 29.7 Å². The van der Waals surface area contributed by atoms with Crippen LogP contribution in [0.15, 0.2) is 29.8 Å².